The van der Waals surface area contributed by atoms with E-state index in [1.54, 1.807) is 36.4 Å². The zero-order valence-corrected chi connectivity index (χ0v) is 11.0. The quantitative estimate of drug-likeness (QED) is 0.927. The highest BCUT2D eigenvalue weighted by atomic mass is 79.9. The second kappa shape index (κ2) is 5.65. The molecule has 0 radical (unpaired) electrons. The fourth-order valence-electron chi connectivity index (χ4n) is 1.59. The number of halogens is 2. The fourth-order valence-corrected chi connectivity index (χ4v) is 1.95. The minimum atomic E-state index is -0.251. The summed E-state index contributed by atoms with van der Waals surface area (Å²) in [4.78, 5) is 0. The van der Waals surface area contributed by atoms with Crippen LogP contribution in [0.15, 0.2) is 46.9 Å². The lowest BCUT2D eigenvalue weighted by molar-refractivity contribution is 0.613. The highest BCUT2D eigenvalue weighted by Gasteiger charge is 2.04. The van der Waals surface area contributed by atoms with Gasteiger partial charge in [-0.2, -0.15) is 5.26 Å². The Bertz CT molecular complexity index is 605. The Labute approximate surface area is 113 Å². The van der Waals surface area contributed by atoms with Crippen molar-refractivity contribution in [1.29, 1.82) is 5.26 Å². The first-order valence-corrected chi connectivity index (χ1v) is 6.17. The smallest absolute Gasteiger partial charge is 0.128 e. The molecule has 0 aromatic heterocycles. The first kappa shape index (κ1) is 12.6. The summed E-state index contributed by atoms with van der Waals surface area (Å²) in [7, 11) is 0. The molecule has 4 heteroatoms. The maximum absolute atomic E-state index is 13.4. The van der Waals surface area contributed by atoms with Crippen LogP contribution in [-0.4, -0.2) is 0 Å². The van der Waals surface area contributed by atoms with E-state index in [0.717, 1.165) is 4.47 Å². The summed E-state index contributed by atoms with van der Waals surface area (Å²) in [6.45, 7) is 0.345. The normalized spacial score (nSPS) is 9.83. The summed E-state index contributed by atoms with van der Waals surface area (Å²) >= 11 is 3.34. The summed E-state index contributed by atoms with van der Waals surface area (Å²) in [6.07, 6.45) is 0. The van der Waals surface area contributed by atoms with Gasteiger partial charge in [-0.1, -0.05) is 34.1 Å². The van der Waals surface area contributed by atoms with E-state index < -0.39 is 0 Å². The average Bonchev–Trinajstić information content (AvgIpc) is 2.38. The van der Waals surface area contributed by atoms with Crippen molar-refractivity contribution < 1.29 is 4.39 Å². The van der Waals surface area contributed by atoms with E-state index in [1.165, 1.54) is 6.07 Å². The monoisotopic (exact) mass is 304 g/mol. The van der Waals surface area contributed by atoms with Crippen LogP contribution in [0.3, 0.4) is 0 Å². The summed E-state index contributed by atoms with van der Waals surface area (Å²) in [5.74, 6) is -0.251. The molecule has 0 aliphatic rings. The molecule has 0 aliphatic heterocycles. The molecule has 2 aromatic carbocycles. The van der Waals surface area contributed by atoms with Crippen molar-refractivity contribution in [2.24, 2.45) is 0 Å². The molecule has 1 N–H and O–H groups in total. The highest BCUT2D eigenvalue weighted by molar-refractivity contribution is 9.10. The predicted octanol–water partition coefficient (Wildman–Crippen LogP) is 4.07. The molecule has 0 aliphatic carbocycles. The molecule has 90 valence electrons. The maximum Gasteiger partial charge on any atom is 0.128 e. The molecule has 0 bridgehead atoms. The largest absolute Gasteiger partial charge is 0.380 e. The average molecular weight is 305 g/mol. The number of nitrogens with one attached hydrogen (secondary N) is 1. The molecule has 0 fully saturated rings. The fraction of sp³-hybridized carbons (Fsp3) is 0.0714. The second-order valence-electron chi connectivity index (χ2n) is 3.75. The van der Waals surface area contributed by atoms with E-state index in [0.29, 0.717) is 23.4 Å². The molecule has 0 spiro atoms. The Morgan fingerprint density at radius 1 is 1.22 bits per heavy atom. The van der Waals surface area contributed by atoms with E-state index >= 15 is 0 Å². The molecule has 0 unspecified atom stereocenters. The van der Waals surface area contributed by atoms with Gasteiger partial charge >= 0.3 is 0 Å². The Morgan fingerprint density at radius 3 is 2.72 bits per heavy atom. The first-order chi connectivity index (χ1) is 8.70. The third-order valence-electron chi connectivity index (χ3n) is 2.53. The minimum Gasteiger partial charge on any atom is -0.380 e. The second-order valence-corrected chi connectivity index (χ2v) is 4.66. The van der Waals surface area contributed by atoms with Crippen LogP contribution in [0.4, 0.5) is 10.1 Å². The van der Waals surface area contributed by atoms with Crippen molar-refractivity contribution in [1.82, 2.24) is 0 Å². The molecule has 0 atom stereocenters. The van der Waals surface area contributed by atoms with Gasteiger partial charge < -0.3 is 5.32 Å². The third kappa shape index (κ3) is 2.88. The molecule has 0 saturated carbocycles. The summed E-state index contributed by atoms with van der Waals surface area (Å²) in [5, 5.41) is 12.1. The summed E-state index contributed by atoms with van der Waals surface area (Å²) in [6, 6.07) is 14.0. The number of nitriles is 1. The lowest BCUT2D eigenvalue weighted by atomic mass is 10.1. The molecular formula is C14H10BrFN2. The number of hydrogen-bond donors (Lipinski definition) is 1. The van der Waals surface area contributed by atoms with Gasteiger partial charge in [0.05, 0.1) is 11.3 Å². The van der Waals surface area contributed by atoms with Crippen LogP contribution in [0, 0.1) is 17.1 Å². The minimum absolute atomic E-state index is 0.251. The van der Waals surface area contributed by atoms with Crippen molar-refractivity contribution in [3.63, 3.8) is 0 Å². The molecule has 2 aromatic rings. The number of benzene rings is 2. The molecule has 0 heterocycles. The van der Waals surface area contributed by atoms with E-state index in [4.69, 9.17) is 5.26 Å². The number of anilines is 1. The van der Waals surface area contributed by atoms with Crippen LogP contribution in [0.2, 0.25) is 0 Å². The van der Waals surface area contributed by atoms with Crippen LogP contribution < -0.4 is 5.32 Å². The van der Waals surface area contributed by atoms with Gasteiger partial charge in [-0.05, 0) is 24.3 Å². The van der Waals surface area contributed by atoms with Gasteiger partial charge in [0.1, 0.15) is 11.9 Å². The van der Waals surface area contributed by atoms with Crippen LogP contribution >= 0.6 is 15.9 Å². The molecule has 0 saturated heterocycles. The van der Waals surface area contributed by atoms with Gasteiger partial charge in [0, 0.05) is 16.6 Å². The van der Waals surface area contributed by atoms with Crippen molar-refractivity contribution in [3.8, 4) is 6.07 Å². The van der Waals surface area contributed by atoms with Gasteiger partial charge in [-0.25, -0.2) is 4.39 Å². The van der Waals surface area contributed by atoms with E-state index in [9.17, 15) is 4.39 Å². The van der Waals surface area contributed by atoms with E-state index in [2.05, 4.69) is 27.3 Å². The maximum atomic E-state index is 13.4. The molecule has 2 nitrogen and oxygen atoms in total. The number of nitrogens with zero attached hydrogens (tertiary/aromatic N) is 1. The number of hydrogen-bond acceptors (Lipinski definition) is 2. The third-order valence-corrected chi connectivity index (χ3v) is 3.02. The van der Waals surface area contributed by atoms with Crippen molar-refractivity contribution in [2.45, 2.75) is 6.54 Å². The molecule has 0 amide bonds. The van der Waals surface area contributed by atoms with E-state index in [-0.39, 0.29) is 5.82 Å². The van der Waals surface area contributed by atoms with Crippen molar-refractivity contribution in [3.05, 3.63) is 63.9 Å². The summed E-state index contributed by atoms with van der Waals surface area (Å²) in [5.41, 5.74) is 1.80. The van der Waals surface area contributed by atoms with Crippen LogP contribution in [0.1, 0.15) is 11.1 Å². The number of rotatable bonds is 3. The SMILES string of the molecule is N#Cc1ccc(Br)cc1NCc1ccccc1F. The van der Waals surface area contributed by atoms with Gasteiger partial charge in [0.25, 0.3) is 0 Å². The standard InChI is InChI=1S/C14H10BrFN2/c15-12-6-5-10(8-17)14(7-12)18-9-11-3-1-2-4-13(11)16/h1-7,18H,9H2. The van der Waals surface area contributed by atoms with Crippen LogP contribution in [0.25, 0.3) is 0 Å². The van der Waals surface area contributed by atoms with Crippen molar-refractivity contribution in [2.75, 3.05) is 5.32 Å². The lowest BCUT2D eigenvalue weighted by Gasteiger charge is -2.09. The van der Waals surface area contributed by atoms with Gasteiger partial charge in [-0.3, -0.25) is 0 Å². The van der Waals surface area contributed by atoms with Gasteiger partial charge in [0.2, 0.25) is 0 Å². The molecule has 18 heavy (non-hydrogen) atoms. The first-order valence-electron chi connectivity index (χ1n) is 5.37. The predicted molar refractivity (Wildman–Crippen MR) is 72.6 cm³/mol. The van der Waals surface area contributed by atoms with Gasteiger partial charge in [0.15, 0.2) is 0 Å². The molecule has 2 rings (SSSR count). The van der Waals surface area contributed by atoms with Crippen LogP contribution in [0.5, 0.6) is 0 Å². The zero-order chi connectivity index (χ0) is 13.0. The zero-order valence-electron chi connectivity index (χ0n) is 9.45. The van der Waals surface area contributed by atoms with Gasteiger partial charge in [-0.15, -0.1) is 0 Å². The van der Waals surface area contributed by atoms with E-state index in [1.807, 2.05) is 0 Å². The van der Waals surface area contributed by atoms with Crippen molar-refractivity contribution >= 4 is 21.6 Å². The Hall–Kier alpha value is -1.86. The topological polar surface area (TPSA) is 35.8 Å². The highest BCUT2D eigenvalue weighted by Crippen LogP contribution is 2.21. The van der Waals surface area contributed by atoms with Crippen LogP contribution in [-0.2, 0) is 6.54 Å². The molecular weight excluding hydrogens is 295 g/mol. The Balaban J connectivity index is 2.18. The Morgan fingerprint density at radius 2 is 2.00 bits per heavy atom. The Kier molecular flexibility index (Phi) is 3.96. The summed E-state index contributed by atoms with van der Waals surface area (Å²) < 4.78 is 14.3. The lowest BCUT2D eigenvalue weighted by Crippen LogP contribution is -2.03.